The van der Waals surface area contributed by atoms with E-state index in [2.05, 4.69) is 0 Å². The third kappa shape index (κ3) is 3.64. The van der Waals surface area contributed by atoms with Crippen LogP contribution >= 0.6 is 0 Å². The Labute approximate surface area is 84.4 Å². The maximum absolute atomic E-state index is 11.3. The molecule has 4 nitrogen and oxygen atoms in total. The molecule has 0 spiro atoms. The SMILES string of the molecule is NCCC(O)C(=O)OC1CCCCC1. The molecule has 1 unspecified atom stereocenters. The van der Waals surface area contributed by atoms with Crippen LogP contribution in [-0.2, 0) is 9.53 Å². The van der Waals surface area contributed by atoms with E-state index in [1.165, 1.54) is 6.42 Å². The lowest BCUT2D eigenvalue weighted by atomic mass is 9.98. The molecule has 0 aromatic heterocycles. The van der Waals surface area contributed by atoms with Crippen LogP contribution in [0.2, 0.25) is 0 Å². The lowest BCUT2D eigenvalue weighted by Gasteiger charge is -2.22. The molecule has 0 amide bonds. The Balaban J connectivity index is 2.24. The molecule has 14 heavy (non-hydrogen) atoms. The van der Waals surface area contributed by atoms with Gasteiger partial charge in [-0.15, -0.1) is 0 Å². The fourth-order valence-corrected chi connectivity index (χ4v) is 1.70. The highest BCUT2D eigenvalue weighted by Gasteiger charge is 2.22. The third-order valence-corrected chi connectivity index (χ3v) is 2.55. The van der Waals surface area contributed by atoms with Crippen molar-refractivity contribution in [2.75, 3.05) is 6.54 Å². The summed E-state index contributed by atoms with van der Waals surface area (Å²) in [7, 11) is 0. The first kappa shape index (κ1) is 11.5. The van der Waals surface area contributed by atoms with Gasteiger partial charge in [0.15, 0.2) is 6.10 Å². The minimum Gasteiger partial charge on any atom is -0.460 e. The largest absolute Gasteiger partial charge is 0.460 e. The highest BCUT2D eigenvalue weighted by molar-refractivity contribution is 5.74. The Morgan fingerprint density at radius 2 is 2.07 bits per heavy atom. The predicted octanol–water partition coefficient (Wildman–Crippen LogP) is 0.572. The van der Waals surface area contributed by atoms with Crippen molar-refractivity contribution in [3.63, 3.8) is 0 Å². The number of esters is 1. The van der Waals surface area contributed by atoms with Crippen LogP contribution in [0.15, 0.2) is 0 Å². The zero-order valence-corrected chi connectivity index (χ0v) is 8.45. The van der Waals surface area contributed by atoms with E-state index in [0.29, 0.717) is 6.54 Å². The van der Waals surface area contributed by atoms with E-state index in [1.807, 2.05) is 0 Å². The first-order chi connectivity index (χ1) is 6.74. The number of aliphatic hydroxyl groups is 1. The molecule has 0 saturated heterocycles. The molecule has 1 aliphatic carbocycles. The lowest BCUT2D eigenvalue weighted by molar-refractivity contribution is -0.160. The number of hydrogen-bond donors (Lipinski definition) is 2. The molecular formula is C10H19NO3. The van der Waals surface area contributed by atoms with Crippen molar-refractivity contribution in [3.05, 3.63) is 0 Å². The summed E-state index contributed by atoms with van der Waals surface area (Å²) in [6, 6.07) is 0. The van der Waals surface area contributed by atoms with Gasteiger partial charge in [-0.05, 0) is 38.6 Å². The molecule has 3 N–H and O–H groups in total. The Morgan fingerprint density at radius 1 is 1.43 bits per heavy atom. The van der Waals surface area contributed by atoms with Crippen LogP contribution in [0.25, 0.3) is 0 Å². The van der Waals surface area contributed by atoms with Gasteiger partial charge < -0.3 is 15.6 Å². The van der Waals surface area contributed by atoms with Crippen molar-refractivity contribution in [1.82, 2.24) is 0 Å². The first-order valence-corrected chi connectivity index (χ1v) is 5.32. The highest BCUT2D eigenvalue weighted by Crippen LogP contribution is 2.20. The van der Waals surface area contributed by atoms with Gasteiger partial charge in [0.2, 0.25) is 0 Å². The lowest BCUT2D eigenvalue weighted by Crippen LogP contribution is -2.30. The highest BCUT2D eigenvalue weighted by atomic mass is 16.6. The van der Waals surface area contributed by atoms with Gasteiger partial charge >= 0.3 is 5.97 Å². The van der Waals surface area contributed by atoms with Gasteiger partial charge in [-0.2, -0.15) is 0 Å². The summed E-state index contributed by atoms with van der Waals surface area (Å²) in [5.74, 6) is -0.512. The smallest absolute Gasteiger partial charge is 0.335 e. The molecule has 1 atom stereocenters. The van der Waals surface area contributed by atoms with Crippen molar-refractivity contribution >= 4 is 5.97 Å². The van der Waals surface area contributed by atoms with Crippen LogP contribution in [-0.4, -0.2) is 29.8 Å². The first-order valence-electron chi connectivity index (χ1n) is 5.32. The fraction of sp³-hybridized carbons (Fsp3) is 0.900. The van der Waals surface area contributed by atoms with Crippen molar-refractivity contribution in [1.29, 1.82) is 0 Å². The quantitative estimate of drug-likeness (QED) is 0.652. The van der Waals surface area contributed by atoms with Crippen LogP contribution < -0.4 is 5.73 Å². The number of ether oxygens (including phenoxy) is 1. The summed E-state index contributed by atoms with van der Waals surface area (Å²) in [4.78, 5) is 11.3. The van der Waals surface area contributed by atoms with Gasteiger partial charge in [0.1, 0.15) is 6.10 Å². The average molecular weight is 201 g/mol. The Morgan fingerprint density at radius 3 is 2.64 bits per heavy atom. The third-order valence-electron chi connectivity index (χ3n) is 2.55. The molecule has 0 aliphatic heterocycles. The summed E-state index contributed by atoms with van der Waals surface area (Å²) >= 11 is 0. The average Bonchev–Trinajstić information content (AvgIpc) is 2.19. The molecule has 1 saturated carbocycles. The van der Waals surface area contributed by atoms with Crippen molar-refractivity contribution in [2.24, 2.45) is 5.73 Å². The molecule has 1 rings (SSSR count). The number of carbonyl (C=O) groups excluding carboxylic acids is 1. The second-order valence-corrected chi connectivity index (χ2v) is 3.79. The van der Waals surface area contributed by atoms with Crippen molar-refractivity contribution in [3.8, 4) is 0 Å². The standard InChI is InChI=1S/C10H19NO3/c11-7-6-9(12)10(13)14-8-4-2-1-3-5-8/h8-9,12H,1-7,11H2. The number of carbonyl (C=O) groups is 1. The molecule has 0 heterocycles. The van der Waals surface area contributed by atoms with Gasteiger partial charge in [-0.1, -0.05) is 6.42 Å². The van der Waals surface area contributed by atoms with Crippen LogP contribution in [0, 0.1) is 0 Å². The second-order valence-electron chi connectivity index (χ2n) is 3.79. The summed E-state index contributed by atoms with van der Waals surface area (Å²) in [6.07, 6.45) is 4.58. The second kappa shape index (κ2) is 5.98. The van der Waals surface area contributed by atoms with E-state index in [9.17, 15) is 9.90 Å². The van der Waals surface area contributed by atoms with Gasteiger partial charge in [0.25, 0.3) is 0 Å². The van der Waals surface area contributed by atoms with Crippen molar-refractivity contribution < 1.29 is 14.6 Å². The van der Waals surface area contributed by atoms with Crippen LogP contribution in [0.1, 0.15) is 38.5 Å². The molecule has 0 radical (unpaired) electrons. The normalized spacial score (nSPS) is 20.4. The van der Waals surface area contributed by atoms with Crippen molar-refractivity contribution in [2.45, 2.75) is 50.7 Å². The molecule has 1 aliphatic rings. The van der Waals surface area contributed by atoms with E-state index >= 15 is 0 Å². The van der Waals surface area contributed by atoms with E-state index in [-0.39, 0.29) is 12.5 Å². The maximum Gasteiger partial charge on any atom is 0.335 e. The molecule has 4 heteroatoms. The van der Waals surface area contributed by atoms with E-state index < -0.39 is 12.1 Å². The molecule has 0 aromatic carbocycles. The molecule has 0 aromatic rings. The van der Waals surface area contributed by atoms with Gasteiger partial charge in [-0.3, -0.25) is 0 Å². The Kier molecular flexibility index (Phi) is 4.90. The van der Waals surface area contributed by atoms with E-state index in [4.69, 9.17) is 10.5 Å². The van der Waals surface area contributed by atoms with Gasteiger partial charge in [0.05, 0.1) is 0 Å². The van der Waals surface area contributed by atoms with Crippen LogP contribution in [0.5, 0.6) is 0 Å². The van der Waals surface area contributed by atoms with E-state index in [1.54, 1.807) is 0 Å². The number of hydrogen-bond acceptors (Lipinski definition) is 4. The zero-order valence-electron chi connectivity index (χ0n) is 8.45. The maximum atomic E-state index is 11.3. The van der Waals surface area contributed by atoms with Gasteiger partial charge in [0, 0.05) is 0 Å². The number of rotatable bonds is 4. The molecule has 1 fully saturated rings. The Hall–Kier alpha value is -0.610. The van der Waals surface area contributed by atoms with Crippen LogP contribution in [0.4, 0.5) is 0 Å². The predicted molar refractivity (Wildman–Crippen MR) is 52.6 cm³/mol. The van der Waals surface area contributed by atoms with Crippen LogP contribution in [0.3, 0.4) is 0 Å². The zero-order chi connectivity index (χ0) is 10.4. The molecular weight excluding hydrogens is 182 g/mol. The number of nitrogens with two attached hydrogens (primary N) is 1. The minimum atomic E-state index is -1.04. The molecule has 0 bridgehead atoms. The Bertz CT molecular complexity index is 178. The minimum absolute atomic E-state index is 0.0173. The van der Waals surface area contributed by atoms with Gasteiger partial charge in [-0.25, -0.2) is 4.79 Å². The molecule has 82 valence electrons. The van der Waals surface area contributed by atoms with E-state index in [0.717, 1.165) is 25.7 Å². The number of aliphatic hydroxyl groups excluding tert-OH is 1. The summed E-state index contributed by atoms with van der Waals surface area (Å²) in [6.45, 7) is 0.306. The monoisotopic (exact) mass is 201 g/mol. The summed E-state index contributed by atoms with van der Waals surface area (Å²) in [5.41, 5.74) is 5.23. The fourth-order valence-electron chi connectivity index (χ4n) is 1.70. The summed E-state index contributed by atoms with van der Waals surface area (Å²) < 4.78 is 5.16. The summed E-state index contributed by atoms with van der Waals surface area (Å²) in [5, 5.41) is 9.29. The topological polar surface area (TPSA) is 72.5 Å².